The maximum atomic E-state index is 14.0. The van der Waals surface area contributed by atoms with Crippen molar-refractivity contribution in [3.63, 3.8) is 0 Å². The number of aromatic nitrogens is 4. The number of fused-ring (bicyclic) bond motifs is 2. The summed E-state index contributed by atoms with van der Waals surface area (Å²) < 4.78 is 43.5. The van der Waals surface area contributed by atoms with Crippen LogP contribution in [0.1, 0.15) is 41.0 Å². The summed E-state index contributed by atoms with van der Waals surface area (Å²) in [4.78, 5) is 38.0. The molecular formula is C29H25BrF3N7O2. The summed E-state index contributed by atoms with van der Waals surface area (Å²) in [6, 6.07) is 9.94. The molecule has 0 aliphatic carbocycles. The third kappa shape index (κ3) is 5.30. The fraction of sp³-hybridized carbons (Fsp3) is 0.276. The lowest BCUT2D eigenvalue weighted by Gasteiger charge is -2.35. The van der Waals surface area contributed by atoms with Gasteiger partial charge in [0.2, 0.25) is 5.95 Å². The second kappa shape index (κ2) is 11.1. The van der Waals surface area contributed by atoms with Gasteiger partial charge in [-0.2, -0.15) is 18.4 Å². The predicted octanol–water partition coefficient (Wildman–Crippen LogP) is 5.46. The third-order valence-corrected chi connectivity index (χ3v) is 7.90. The lowest BCUT2D eigenvalue weighted by molar-refractivity contribution is -0.138. The Morgan fingerprint density at radius 2 is 2.07 bits per heavy atom. The van der Waals surface area contributed by atoms with Gasteiger partial charge in [-0.05, 0) is 56.7 Å². The van der Waals surface area contributed by atoms with Crippen molar-refractivity contribution in [1.82, 2.24) is 24.0 Å². The summed E-state index contributed by atoms with van der Waals surface area (Å²) in [6.07, 6.45) is -1.28. The molecule has 2 aromatic heterocycles. The molecule has 9 nitrogen and oxygen atoms in total. The van der Waals surface area contributed by atoms with E-state index in [-0.39, 0.29) is 47.1 Å². The highest BCUT2D eigenvalue weighted by Crippen LogP contribution is 2.36. The number of anilines is 1. The van der Waals surface area contributed by atoms with Crippen molar-refractivity contribution in [2.24, 2.45) is 0 Å². The number of amides is 1. The molecule has 1 aliphatic heterocycles. The van der Waals surface area contributed by atoms with E-state index in [9.17, 15) is 22.8 Å². The number of nitrogens with one attached hydrogen (secondary N) is 1. The molecule has 42 heavy (non-hydrogen) atoms. The highest BCUT2D eigenvalue weighted by molar-refractivity contribution is 9.10. The van der Waals surface area contributed by atoms with Crippen LogP contribution in [-0.4, -0.2) is 42.0 Å². The van der Waals surface area contributed by atoms with Crippen molar-refractivity contribution in [1.29, 1.82) is 5.26 Å². The highest BCUT2D eigenvalue weighted by Gasteiger charge is 2.36. The first-order chi connectivity index (χ1) is 19.9. The lowest BCUT2D eigenvalue weighted by atomic mass is 9.98. The number of hydrogen-bond acceptors (Lipinski definition) is 6. The van der Waals surface area contributed by atoms with Crippen LogP contribution in [0.25, 0.3) is 16.7 Å². The van der Waals surface area contributed by atoms with Crippen molar-refractivity contribution in [2.75, 3.05) is 5.32 Å². The zero-order valence-corrected chi connectivity index (χ0v) is 24.2. The average molecular weight is 640 g/mol. The van der Waals surface area contributed by atoms with Gasteiger partial charge < -0.3 is 14.8 Å². The molecule has 0 unspecified atom stereocenters. The van der Waals surface area contributed by atoms with Crippen molar-refractivity contribution >= 4 is 38.8 Å². The van der Waals surface area contributed by atoms with Gasteiger partial charge in [-0.3, -0.25) is 9.59 Å². The molecule has 4 aromatic rings. The van der Waals surface area contributed by atoms with Crippen molar-refractivity contribution < 1.29 is 18.0 Å². The molecule has 216 valence electrons. The quantitative estimate of drug-likeness (QED) is 0.281. The molecule has 0 saturated carbocycles. The normalized spacial score (nSPS) is 15.6. The first-order valence-electron chi connectivity index (χ1n) is 13.0. The molecule has 0 saturated heterocycles. The second-order valence-electron chi connectivity index (χ2n) is 10.1. The number of halogens is 4. The van der Waals surface area contributed by atoms with E-state index >= 15 is 0 Å². The predicted molar refractivity (Wildman–Crippen MR) is 154 cm³/mol. The van der Waals surface area contributed by atoms with Gasteiger partial charge in [-0.1, -0.05) is 22.0 Å². The molecule has 13 heteroatoms. The molecule has 0 bridgehead atoms. The maximum absolute atomic E-state index is 14.0. The minimum absolute atomic E-state index is 0.0580. The SMILES string of the molecule is C=C[C@H](C)Nc1nc2c(c(=O)n1-c1ccc3c(c1)ncn3CC#N)C[C@@H](C)N(C(=O)c1ccc(Br)c(C(F)(F)F)c1)C2. The van der Waals surface area contributed by atoms with Crippen LogP contribution in [0.5, 0.6) is 0 Å². The Morgan fingerprint density at radius 3 is 2.76 bits per heavy atom. The van der Waals surface area contributed by atoms with E-state index in [1.165, 1.54) is 21.6 Å². The van der Waals surface area contributed by atoms with E-state index in [1.54, 1.807) is 42.1 Å². The number of hydrogen-bond donors (Lipinski definition) is 1. The third-order valence-electron chi connectivity index (χ3n) is 7.21. The number of nitrogens with zero attached hydrogens (tertiary/aromatic N) is 6. The number of alkyl halides is 3. The molecule has 1 aliphatic rings. The lowest BCUT2D eigenvalue weighted by Crippen LogP contribution is -2.46. The Bertz CT molecular complexity index is 1820. The molecule has 5 rings (SSSR count). The minimum Gasteiger partial charge on any atom is -0.349 e. The van der Waals surface area contributed by atoms with Crippen LogP contribution in [0.2, 0.25) is 0 Å². The minimum atomic E-state index is -4.64. The summed E-state index contributed by atoms with van der Waals surface area (Å²) in [6.45, 7) is 7.43. The summed E-state index contributed by atoms with van der Waals surface area (Å²) in [7, 11) is 0. The smallest absolute Gasteiger partial charge is 0.349 e. The largest absolute Gasteiger partial charge is 0.417 e. The molecule has 2 aromatic carbocycles. The Hall–Kier alpha value is -4.44. The van der Waals surface area contributed by atoms with Gasteiger partial charge in [0.15, 0.2) is 0 Å². The molecule has 3 heterocycles. The van der Waals surface area contributed by atoms with Gasteiger partial charge in [0, 0.05) is 27.7 Å². The summed E-state index contributed by atoms with van der Waals surface area (Å²) in [5.41, 5.74) is 1.20. The molecule has 1 amide bonds. The van der Waals surface area contributed by atoms with E-state index in [0.717, 1.165) is 11.6 Å². The maximum Gasteiger partial charge on any atom is 0.417 e. The first kappa shape index (κ1) is 29.1. The zero-order chi connectivity index (χ0) is 30.3. The molecular weight excluding hydrogens is 615 g/mol. The summed E-state index contributed by atoms with van der Waals surface area (Å²) in [5.74, 6) is -0.378. The van der Waals surface area contributed by atoms with Crippen LogP contribution < -0.4 is 10.9 Å². The van der Waals surface area contributed by atoms with E-state index in [0.29, 0.717) is 22.5 Å². The Labute approximate surface area is 247 Å². The van der Waals surface area contributed by atoms with Gasteiger partial charge in [0.25, 0.3) is 11.5 Å². The van der Waals surface area contributed by atoms with Gasteiger partial charge in [0.05, 0.1) is 46.9 Å². The van der Waals surface area contributed by atoms with E-state index < -0.39 is 23.7 Å². The number of rotatable bonds is 6. The van der Waals surface area contributed by atoms with Crippen LogP contribution in [-0.2, 0) is 25.7 Å². The van der Waals surface area contributed by atoms with Gasteiger partial charge in [-0.15, -0.1) is 6.58 Å². The van der Waals surface area contributed by atoms with Crippen LogP contribution in [0.4, 0.5) is 19.1 Å². The Kier molecular flexibility index (Phi) is 7.68. The van der Waals surface area contributed by atoms with Gasteiger partial charge >= 0.3 is 6.18 Å². The topological polar surface area (TPSA) is 109 Å². The number of imidazole rings is 1. The van der Waals surface area contributed by atoms with Gasteiger partial charge in [0.1, 0.15) is 6.54 Å². The van der Waals surface area contributed by atoms with Crippen LogP contribution in [0.3, 0.4) is 0 Å². The van der Waals surface area contributed by atoms with Crippen LogP contribution in [0.15, 0.2) is 64.6 Å². The fourth-order valence-electron chi connectivity index (χ4n) is 4.96. The Balaban J connectivity index is 1.57. The molecule has 0 spiro atoms. The number of benzene rings is 2. The van der Waals surface area contributed by atoms with E-state index in [2.05, 4.69) is 38.9 Å². The fourth-order valence-corrected chi connectivity index (χ4v) is 5.44. The van der Waals surface area contributed by atoms with Crippen LogP contribution >= 0.6 is 15.9 Å². The second-order valence-corrected chi connectivity index (χ2v) is 10.9. The van der Waals surface area contributed by atoms with Crippen LogP contribution in [0, 0.1) is 11.3 Å². The number of nitriles is 1. The van der Waals surface area contributed by atoms with Gasteiger partial charge in [-0.25, -0.2) is 14.5 Å². The first-order valence-corrected chi connectivity index (χ1v) is 13.8. The number of carbonyl (C=O) groups is 1. The molecule has 2 atom stereocenters. The summed E-state index contributed by atoms with van der Waals surface area (Å²) in [5, 5.41) is 12.2. The number of carbonyl (C=O) groups excluding carboxylic acids is 1. The summed E-state index contributed by atoms with van der Waals surface area (Å²) >= 11 is 2.91. The van der Waals surface area contributed by atoms with E-state index in [1.807, 2.05) is 6.92 Å². The van der Waals surface area contributed by atoms with Crippen molar-refractivity contribution in [3.05, 3.63) is 92.6 Å². The molecule has 0 radical (unpaired) electrons. The zero-order valence-electron chi connectivity index (χ0n) is 22.6. The highest BCUT2D eigenvalue weighted by atomic mass is 79.9. The molecule has 0 fully saturated rings. The average Bonchev–Trinajstić information content (AvgIpc) is 3.34. The van der Waals surface area contributed by atoms with Crippen molar-refractivity contribution in [3.8, 4) is 11.8 Å². The van der Waals surface area contributed by atoms with Crippen molar-refractivity contribution in [2.45, 2.75) is 51.6 Å². The van der Waals surface area contributed by atoms with E-state index in [4.69, 9.17) is 10.2 Å². The standard InChI is InChI=1S/C29H25BrF3N7O2/c1-4-16(2)36-28-37-24-14-39(26(41)18-5-7-22(30)21(12-18)29(31,32)33)17(3)11-20(24)27(42)40(28)19-6-8-25-23(13-19)35-15-38(25)10-9-34/h4-8,12-13,15-17H,1,10-11,14H2,2-3H3,(H,36,37)/t16-,17+/m0/s1. The molecule has 1 N–H and O–H groups in total. The Morgan fingerprint density at radius 1 is 1.31 bits per heavy atom. The monoisotopic (exact) mass is 639 g/mol.